The maximum Gasteiger partial charge on any atom is 0.401 e. The fourth-order valence-electron chi connectivity index (χ4n) is 1.05. The summed E-state index contributed by atoms with van der Waals surface area (Å²) >= 11 is 0. The van der Waals surface area contributed by atoms with Gasteiger partial charge >= 0.3 is 6.18 Å². The van der Waals surface area contributed by atoms with Gasteiger partial charge in [-0.2, -0.15) is 13.2 Å². The monoisotopic (exact) mass is 183 g/mol. The molecular formula is C8H16F3N. The van der Waals surface area contributed by atoms with E-state index in [-0.39, 0.29) is 0 Å². The van der Waals surface area contributed by atoms with E-state index in [0.29, 0.717) is 0 Å². The van der Waals surface area contributed by atoms with Crippen molar-refractivity contribution >= 4 is 0 Å². The number of nitrogens with one attached hydrogen (secondary N) is 1. The van der Waals surface area contributed by atoms with Gasteiger partial charge < -0.3 is 5.32 Å². The minimum absolute atomic E-state index is 0.412. The lowest BCUT2D eigenvalue weighted by molar-refractivity contribution is -0.128. The zero-order valence-electron chi connectivity index (χ0n) is 7.76. The predicted molar refractivity (Wildman–Crippen MR) is 43.0 cm³/mol. The molecule has 0 aromatic heterocycles. The van der Waals surface area contributed by atoms with E-state index in [1.54, 1.807) is 13.8 Å². The molecule has 0 aliphatic carbocycles. The second-order valence-electron chi connectivity index (χ2n) is 3.60. The fraction of sp³-hybridized carbons (Fsp3) is 1.00. The third-order valence-electron chi connectivity index (χ3n) is 1.64. The van der Waals surface area contributed by atoms with E-state index in [1.165, 1.54) is 0 Å². The minimum atomic E-state index is -4.11. The van der Waals surface area contributed by atoms with E-state index in [4.69, 9.17) is 0 Å². The molecule has 0 aromatic rings. The Morgan fingerprint density at radius 3 is 2.00 bits per heavy atom. The average Bonchev–Trinajstić information content (AvgIpc) is 1.83. The van der Waals surface area contributed by atoms with Crippen molar-refractivity contribution in [2.45, 2.75) is 45.3 Å². The summed E-state index contributed by atoms with van der Waals surface area (Å²) in [6, 6.07) is 0. The Morgan fingerprint density at radius 1 is 1.17 bits per heavy atom. The first-order chi connectivity index (χ1) is 5.27. The molecule has 74 valence electrons. The Labute approximate surface area is 71.3 Å². The summed E-state index contributed by atoms with van der Waals surface area (Å²) in [6.07, 6.45) is -2.47. The van der Waals surface area contributed by atoms with Gasteiger partial charge in [0.25, 0.3) is 0 Å². The summed E-state index contributed by atoms with van der Waals surface area (Å²) in [7, 11) is 0. The van der Waals surface area contributed by atoms with Crippen LogP contribution in [0.15, 0.2) is 0 Å². The molecule has 0 aliphatic rings. The minimum Gasteiger partial charge on any atom is -0.304 e. The zero-order chi connectivity index (χ0) is 9.83. The number of hydrogen-bond donors (Lipinski definition) is 1. The van der Waals surface area contributed by atoms with Gasteiger partial charge in [-0.3, -0.25) is 0 Å². The third-order valence-corrected chi connectivity index (χ3v) is 1.64. The topological polar surface area (TPSA) is 12.0 Å². The maximum absolute atomic E-state index is 11.8. The molecule has 0 atom stereocenters. The van der Waals surface area contributed by atoms with Gasteiger partial charge in [0.15, 0.2) is 0 Å². The van der Waals surface area contributed by atoms with Crippen molar-refractivity contribution in [3.63, 3.8) is 0 Å². The molecule has 0 heterocycles. The van der Waals surface area contributed by atoms with Gasteiger partial charge in [-0.15, -0.1) is 0 Å². The summed E-state index contributed by atoms with van der Waals surface area (Å²) in [5.41, 5.74) is -0.412. The number of halogens is 3. The van der Waals surface area contributed by atoms with Crippen molar-refractivity contribution in [1.82, 2.24) is 5.32 Å². The Kier molecular flexibility index (Phi) is 4.03. The van der Waals surface area contributed by atoms with Gasteiger partial charge in [-0.1, -0.05) is 13.3 Å². The number of rotatable bonds is 4. The summed E-state index contributed by atoms with van der Waals surface area (Å²) < 4.78 is 35.3. The molecule has 0 aliphatic heterocycles. The fourth-order valence-corrected chi connectivity index (χ4v) is 1.05. The number of alkyl halides is 3. The van der Waals surface area contributed by atoms with Crippen molar-refractivity contribution in [3.05, 3.63) is 0 Å². The largest absolute Gasteiger partial charge is 0.401 e. The van der Waals surface area contributed by atoms with Crippen LogP contribution in [0.5, 0.6) is 0 Å². The molecule has 0 rings (SSSR count). The first-order valence-electron chi connectivity index (χ1n) is 4.08. The van der Waals surface area contributed by atoms with E-state index in [2.05, 4.69) is 5.32 Å². The van der Waals surface area contributed by atoms with Crippen molar-refractivity contribution in [1.29, 1.82) is 0 Å². The lowest BCUT2D eigenvalue weighted by atomic mass is 9.99. The molecule has 0 fully saturated rings. The van der Waals surface area contributed by atoms with Crippen molar-refractivity contribution in [2.75, 3.05) is 6.54 Å². The van der Waals surface area contributed by atoms with Crippen molar-refractivity contribution in [2.24, 2.45) is 0 Å². The molecular weight excluding hydrogens is 167 g/mol. The van der Waals surface area contributed by atoms with Crippen LogP contribution in [0, 0.1) is 0 Å². The van der Waals surface area contributed by atoms with E-state index in [9.17, 15) is 13.2 Å². The molecule has 1 nitrogen and oxygen atoms in total. The van der Waals surface area contributed by atoms with Crippen LogP contribution in [0.3, 0.4) is 0 Å². The third kappa shape index (κ3) is 6.46. The van der Waals surface area contributed by atoms with Crippen LogP contribution in [0.25, 0.3) is 0 Å². The maximum atomic E-state index is 11.8. The van der Waals surface area contributed by atoms with Gasteiger partial charge in [0.2, 0.25) is 0 Å². The highest BCUT2D eigenvalue weighted by molar-refractivity contribution is 4.77. The summed E-state index contributed by atoms with van der Waals surface area (Å²) in [5.74, 6) is 0. The molecule has 0 saturated carbocycles. The molecule has 0 radical (unpaired) electrons. The Balaban J connectivity index is 3.75. The molecule has 4 heteroatoms. The van der Waals surface area contributed by atoms with Gasteiger partial charge in [0.05, 0.1) is 6.54 Å². The first kappa shape index (κ1) is 11.8. The van der Waals surface area contributed by atoms with Crippen LogP contribution in [0.1, 0.15) is 33.6 Å². The molecule has 0 unspecified atom stereocenters. The lowest BCUT2D eigenvalue weighted by Gasteiger charge is -2.26. The summed E-state index contributed by atoms with van der Waals surface area (Å²) in [5, 5.41) is 2.47. The van der Waals surface area contributed by atoms with Crippen molar-refractivity contribution in [3.8, 4) is 0 Å². The molecule has 0 aromatic carbocycles. The molecule has 12 heavy (non-hydrogen) atoms. The van der Waals surface area contributed by atoms with Crippen LogP contribution in [-0.4, -0.2) is 18.3 Å². The van der Waals surface area contributed by atoms with Crippen LogP contribution in [0.2, 0.25) is 0 Å². The highest BCUT2D eigenvalue weighted by Crippen LogP contribution is 2.16. The zero-order valence-corrected chi connectivity index (χ0v) is 7.76. The highest BCUT2D eigenvalue weighted by atomic mass is 19.4. The van der Waals surface area contributed by atoms with E-state index in [1.807, 2.05) is 6.92 Å². The molecule has 0 amide bonds. The normalized spacial score (nSPS) is 13.5. The second-order valence-corrected chi connectivity index (χ2v) is 3.60. The summed E-state index contributed by atoms with van der Waals surface area (Å²) in [4.78, 5) is 0. The molecule has 0 bridgehead atoms. The first-order valence-corrected chi connectivity index (χ1v) is 4.08. The second kappa shape index (κ2) is 4.12. The SMILES string of the molecule is CCCC(C)(C)NCC(F)(F)F. The van der Waals surface area contributed by atoms with E-state index < -0.39 is 18.3 Å². The van der Waals surface area contributed by atoms with Crippen LogP contribution in [0.4, 0.5) is 13.2 Å². The van der Waals surface area contributed by atoms with Gasteiger partial charge in [-0.25, -0.2) is 0 Å². The Hall–Kier alpha value is -0.250. The molecule has 0 saturated heterocycles. The van der Waals surface area contributed by atoms with E-state index >= 15 is 0 Å². The molecule has 1 N–H and O–H groups in total. The predicted octanol–water partition coefficient (Wildman–Crippen LogP) is 2.72. The van der Waals surface area contributed by atoms with Crippen LogP contribution in [-0.2, 0) is 0 Å². The van der Waals surface area contributed by atoms with Crippen LogP contribution >= 0.6 is 0 Å². The quantitative estimate of drug-likeness (QED) is 0.706. The van der Waals surface area contributed by atoms with E-state index in [0.717, 1.165) is 12.8 Å². The standard InChI is InChI=1S/C8H16F3N/c1-4-5-7(2,3)12-6-8(9,10)11/h12H,4-6H2,1-3H3. The average molecular weight is 183 g/mol. The Morgan fingerprint density at radius 2 is 1.67 bits per heavy atom. The molecule has 0 spiro atoms. The number of hydrogen-bond acceptors (Lipinski definition) is 1. The van der Waals surface area contributed by atoms with Gasteiger partial charge in [-0.05, 0) is 20.3 Å². The summed E-state index contributed by atoms with van der Waals surface area (Å²) in [6.45, 7) is 4.61. The van der Waals surface area contributed by atoms with Gasteiger partial charge in [0, 0.05) is 5.54 Å². The van der Waals surface area contributed by atoms with Crippen LogP contribution < -0.4 is 5.32 Å². The van der Waals surface area contributed by atoms with Gasteiger partial charge in [0.1, 0.15) is 0 Å². The smallest absolute Gasteiger partial charge is 0.304 e. The van der Waals surface area contributed by atoms with Crippen molar-refractivity contribution < 1.29 is 13.2 Å². The Bertz CT molecular complexity index is 129. The lowest BCUT2D eigenvalue weighted by Crippen LogP contribution is -2.44. The highest BCUT2D eigenvalue weighted by Gasteiger charge is 2.29.